The van der Waals surface area contributed by atoms with Crippen LogP contribution >= 0.6 is 0 Å². The molecule has 8 nitrogen and oxygen atoms in total. The lowest BCUT2D eigenvalue weighted by molar-refractivity contribution is 0.0601. The first-order valence-electron chi connectivity index (χ1n) is 10.4. The lowest BCUT2D eigenvalue weighted by Crippen LogP contribution is -2.44. The molecule has 1 fully saturated rings. The van der Waals surface area contributed by atoms with Gasteiger partial charge in [-0.25, -0.2) is 18.6 Å². The Bertz CT molecular complexity index is 1150. The quantitative estimate of drug-likeness (QED) is 0.545. The van der Waals surface area contributed by atoms with Gasteiger partial charge in [0.15, 0.2) is 11.6 Å². The summed E-state index contributed by atoms with van der Waals surface area (Å²) < 4.78 is 33.7. The van der Waals surface area contributed by atoms with Crippen LogP contribution in [0.1, 0.15) is 10.4 Å². The van der Waals surface area contributed by atoms with Crippen molar-refractivity contribution in [1.82, 2.24) is 14.9 Å². The van der Waals surface area contributed by atoms with Gasteiger partial charge < -0.3 is 25.2 Å². The Morgan fingerprint density at radius 2 is 1.76 bits per heavy atom. The Kier molecular flexibility index (Phi) is 6.64. The van der Waals surface area contributed by atoms with Gasteiger partial charge in [-0.05, 0) is 43.4 Å². The third-order valence-electron chi connectivity index (χ3n) is 5.34. The van der Waals surface area contributed by atoms with Crippen molar-refractivity contribution >= 4 is 34.8 Å². The predicted octanol–water partition coefficient (Wildman–Crippen LogP) is 3.78. The minimum absolute atomic E-state index is 0.0924. The number of benzene rings is 2. The van der Waals surface area contributed by atoms with Gasteiger partial charge >= 0.3 is 5.97 Å². The van der Waals surface area contributed by atoms with Crippen molar-refractivity contribution in [3.8, 4) is 0 Å². The molecule has 0 saturated carbocycles. The number of piperazine rings is 1. The number of nitrogens with zero attached hydrogens (tertiary/aromatic N) is 4. The predicted molar refractivity (Wildman–Crippen MR) is 122 cm³/mol. The van der Waals surface area contributed by atoms with Crippen molar-refractivity contribution in [1.29, 1.82) is 0 Å². The van der Waals surface area contributed by atoms with E-state index < -0.39 is 11.8 Å². The van der Waals surface area contributed by atoms with Crippen LogP contribution in [0.15, 0.2) is 48.7 Å². The van der Waals surface area contributed by atoms with E-state index in [9.17, 15) is 13.6 Å². The van der Waals surface area contributed by atoms with E-state index in [4.69, 9.17) is 4.74 Å². The normalized spacial score (nSPS) is 14.1. The Balaban J connectivity index is 1.49. The van der Waals surface area contributed by atoms with E-state index in [2.05, 4.69) is 25.5 Å². The zero-order valence-electron chi connectivity index (χ0n) is 18.3. The molecule has 2 aromatic carbocycles. The molecule has 0 atom stereocenters. The van der Waals surface area contributed by atoms with E-state index in [1.54, 1.807) is 30.3 Å². The molecule has 33 heavy (non-hydrogen) atoms. The molecule has 0 spiro atoms. The largest absolute Gasteiger partial charge is 0.465 e. The maximum absolute atomic E-state index is 14.8. The summed E-state index contributed by atoms with van der Waals surface area (Å²) >= 11 is 0. The Morgan fingerprint density at radius 1 is 1.00 bits per heavy atom. The number of hydrogen-bond donors (Lipinski definition) is 2. The van der Waals surface area contributed by atoms with Gasteiger partial charge in [-0.15, -0.1) is 0 Å². The molecule has 1 aromatic heterocycles. The first-order chi connectivity index (χ1) is 15.9. The molecule has 0 aliphatic carbocycles. The first-order valence-corrected chi connectivity index (χ1v) is 10.4. The van der Waals surface area contributed by atoms with Gasteiger partial charge in [-0.1, -0.05) is 6.07 Å². The number of hydrogen-bond acceptors (Lipinski definition) is 8. The Hall–Kier alpha value is -3.79. The van der Waals surface area contributed by atoms with Crippen LogP contribution in [0.3, 0.4) is 0 Å². The molecule has 3 aromatic rings. The summed E-state index contributed by atoms with van der Waals surface area (Å²) in [6.07, 6.45) is 1.01. The first kappa shape index (κ1) is 22.4. The second kappa shape index (κ2) is 9.78. The summed E-state index contributed by atoms with van der Waals surface area (Å²) in [7, 11) is 3.33. The minimum Gasteiger partial charge on any atom is -0.465 e. The van der Waals surface area contributed by atoms with Crippen molar-refractivity contribution in [3.63, 3.8) is 0 Å². The molecule has 0 unspecified atom stereocenters. The molecule has 2 N–H and O–H groups in total. The Labute approximate surface area is 190 Å². The number of halogens is 2. The van der Waals surface area contributed by atoms with E-state index >= 15 is 0 Å². The molecular weight excluding hydrogens is 430 g/mol. The second-order valence-corrected chi connectivity index (χ2v) is 7.67. The highest BCUT2D eigenvalue weighted by molar-refractivity contribution is 5.90. The summed E-state index contributed by atoms with van der Waals surface area (Å²) in [5.74, 6) is -1.55. The van der Waals surface area contributed by atoms with Crippen LogP contribution in [0, 0.1) is 11.6 Å². The van der Waals surface area contributed by atoms with Crippen LogP contribution in [-0.2, 0) is 4.74 Å². The SMILES string of the molecule is COC(=O)c1cccc(Nc2nc(Nc3ccc(N4CCN(C)CC4)c(F)c3)ncc2F)c1. The lowest BCUT2D eigenvalue weighted by atomic mass is 10.2. The molecule has 2 heterocycles. The van der Waals surface area contributed by atoms with Gasteiger partial charge in [0.25, 0.3) is 0 Å². The van der Waals surface area contributed by atoms with Crippen LogP contribution in [0.4, 0.5) is 37.6 Å². The van der Waals surface area contributed by atoms with E-state index in [0.29, 0.717) is 22.6 Å². The molecule has 172 valence electrons. The van der Waals surface area contributed by atoms with Gasteiger partial charge in [-0.3, -0.25) is 0 Å². The topological polar surface area (TPSA) is 82.6 Å². The molecule has 10 heteroatoms. The van der Waals surface area contributed by atoms with Gasteiger partial charge in [0.05, 0.1) is 24.6 Å². The summed E-state index contributed by atoms with van der Waals surface area (Å²) in [5, 5.41) is 5.73. The van der Waals surface area contributed by atoms with Gasteiger partial charge in [-0.2, -0.15) is 4.98 Å². The molecule has 0 amide bonds. The number of ether oxygens (including phenoxy) is 1. The second-order valence-electron chi connectivity index (χ2n) is 7.67. The maximum Gasteiger partial charge on any atom is 0.337 e. The zero-order valence-corrected chi connectivity index (χ0v) is 18.3. The number of aromatic nitrogens is 2. The standard InChI is InChI=1S/C23H24F2N6O2/c1-30-8-10-31(11-9-30)20-7-6-17(13-18(20)24)28-23-26-14-19(25)21(29-23)27-16-5-3-4-15(12-16)22(32)33-2/h3-7,12-14H,8-11H2,1-2H3,(H2,26,27,28,29). The van der Waals surface area contributed by atoms with Crippen molar-refractivity contribution < 1.29 is 18.3 Å². The number of anilines is 5. The van der Waals surface area contributed by atoms with Crippen molar-refractivity contribution in [2.75, 3.05) is 55.9 Å². The third kappa shape index (κ3) is 5.35. The zero-order chi connectivity index (χ0) is 23.4. The molecule has 0 bridgehead atoms. The number of carbonyl (C=O) groups is 1. The van der Waals surface area contributed by atoms with E-state index in [1.807, 2.05) is 11.9 Å². The van der Waals surface area contributed by atoms with E-state index in [1.165, 1.54) is 19.2 Å². The van der Waals surface area contributed by atoms with Crippen LogP contribution in [-0.4, -0.2) is 61.2 Å². The fraction of sp³-hybridized carbons (Fsp3) is 0.261. The average Bonchev–Trinajstić information content (AvgIpc) is 2.82. The van der Waals surface area contributed by atoms with Crippen LogP contribution in [0.5, 0.6) is 0 Å². The Morgan fingerprint density at radius 3 is 2.48 bits per heavy atom. The maximum atomic E-state index is 14.8. The summed E-state index contributed by atoms with van der Waals surface area (Å²) in [5.41, 5.74) is 1.74. The molecule has 1 aliphatic heterocycles. The van der Waals surface area contributed by atoms with Crippen LogP contribution < -0.4 is 15.5 Å². The monoisotopic (exact) mass is 454 g/mol. The number of likely N-dealkylation sites (N-methyl/N-ethyl adjacent to an activating group) is 1. The number of rotatable bonds is 6. The summed E-state index contributed by atoms with van der Waals surface area (Å²) in [6, 6.07) is 11.2. The van der Waals surface area contributed by atoms with Crippen LogP contribution in [0.25, 0.3) is 0 Å². The summed E-state index contributed by atoms with van der Waals surface area (Å²) in [4.78, 5) is 24.0. The molecular formula is C23H24F2N6O2. The van der Waals surface area contributed by atoms with Crippen LogP contribution in [0.2, 0.25) is 0 Å². The third-order valence-corrected chi connectivity index (χ3v) is 5.34. The fourth-order valence-electron chi connectivity index (χ4n) is 3.51. The smallest absolute Gasteiger partial charge is 0.337 e. The highest BCUT2D eigenvalue weighted by Gasteiger charge is 2.18. The highest BCUT2D eigenvalue weighted by Crippen LogP contribution is 2.26. The van der Waals surface area contributed by atoms with Crippen molar-refractivity contribution in [2.24, 2.45) is 0 Å². The number of esters is 1. The average molecular weight is 454 g/mol. The molecule has 0 radical (unpaired) electrons. The van der Waals surface area contributed by atoms with Crippen molar-refractivity contribution in [2.45, 2.75) is 0 Å². The number of methoxy groups -OCH3 is 1. The minimum atomic E-state index is -0.680. The molecule has 4 rings (SSSR count). The number of nitrogens with one attached hydrogen (secondary N) is 2. The number of carbonyl (C=O) groups excluding carboxylic acids is 1. The molecule has 1 saturated heterocycles. The van der Waals surface area contributed by atoms with E-state index in [0.717, 1.165) is 32.4 Å². The van der Waals surface area contributed by atoms with Gasteiger partial charge in [0.2, 0.25) is 5.95 Å². The van der Waals surface area contributed by atoms with Gasteiger partial charge in [0.1, 0.15) is 5.82 Å². The van der Waals surface area contributed by atoms with E-state index in [-0.39, 0.29) is 17.6 Å². The van der Waals surface area contributed by atoms with Crippen molar-refractivity contribution in [3.05, 3.63) is 65.9 Å². The molecule has 1 aliphatic rings. The highest BCUT2D eigenvalue weighted by atomic mass is 19.1. The van der Waals surface area contributed by atoms with Gasteiger partial charge in [0, 0.05) is 37.6 Å². The summed E-state index contributed by atoms with van der Waals surface area (Å²) in [6.45, 7) is 3.27. The fourth-order valence-corrected chi connectivity index (χ4v) is 3.51. The lowest BCUT2D eigenvalue weighted by Gasteiger charge is -2.34.